The van der Waals surface area contributed by atoms with Crippen molar-refractivity contribution in [2.24, 2.45) is 0 Å². The van der Waals surface area contributed by atoms with Crippen molar-refractivity contribution in [3.63, 3.8) is 0 Å². The molecule has 0 fully saturated rings. The number of hydrogen-bond acceptors (Lipinski definition) is 3. The molecule has 1 rings (SSSR count). The summed E-state index contributed by atoms with van der Waals surface area (Å²) in [4.78, 5) is 10.2. The lowest BCUT2D eigenvalue weighted by atomic mass is 9.80. The second kappa shape index (κ2) is 5.89. The van der Waals surface area contributed by atoms with Crippen LogP contribution in [-0.4, -0.2) is 29.6 Å². The minimum absolute atomic E-state index is 0.0140. The summed E-state index contributed by atoms with van der Waals surface area (Å²) in [5, 5.41) is 21.0. The third kappa shape index (κ3) is 3.52. The van der Waals surface area contributed by atoms with Gasteiger partial charge in [0.1, 0.15) is 0 Å². The predicted molar refractivity (Wildman–Crippen MR) is 63.6 cm³/mol. The lowest BCUT2D eigenvalue weighted by Gasteiger charge is -2.12. The van der Waals surface area contributed by atoms with Gasteiger partial charge in [0.25, 0.3) is 0 Å². The van der Waals surface area contributed by atoms with Gasteiger partial charge >= 0.3 is 7.12 Å². The van der Waals surface area contributed by atoms with Gasteiger partial charge in [0, 0.05) is 11.1 Å². The highest BCUT2D eigenvalue weighted by Crippen LogP contribution is 2.15. The van der Waals surface area contributed by atoms with Crippen LogP contribution in [0.3, 0.4) is 0 Å². The predicted octanol–water partition coefficient (Wildman–Crippen LogP) is -0.303. The fourth-order valence-electron chi connectivity index (χ4n) is 1.39. The molecule has 1 atom stereocenters. The van der Waals surface area contributed by atoms with Crippen molar-refractivity contribution in [3.05, 3.63) is 28.8 Å². The summed E-state index contributed by atoms with van der Waals surface area (Å²) in [7, 11) is -1.52. The summed E-state index contributed by atoms with van der Waals surface area (Å²) in [5.74, 6) is 0. The van der Waals surface area contributed by atoms with Gasteiger partial charge in [-0.25, -0.2) is 0 Å². The molecular weight excluding hydrogens is 228 g/mol. The molecule has 1 amide bonds. The minimum atomic E-state index is -1.52. The molecule has 0 saturated carbocycles. The number of nitrogens with one attached hydrogen (secondary N) is 1. The molecule has 0 aliphatic carbocycles. The van der Waals surface area contributed by atoms with Crippen molar-refractivity contribution >= 4 is 30.6 Å². The summed E-state index contributed by atoms with van der Waals surface area (Å²) in [6.45, 7) is 1.86. The van der Waals surface area contributed by atoms with E-state index in [4.69, 9.17) is 21.6 Å². The zero-order valence-electron chi connectivity index (χ0n) is 8.85. The lowest BCUT2D eigenvalue weighted by molar-refractivity contribution is -0.110. The summed E-state index contributed by atoms with van der Waals surface area (Å²) < 4.78 is 0. The third-order valence-corrected chi connectivity index (χ3v) is 2.61. The van der Waals surface area contributed by atoms with Gasteiger partial charge in [0.05, 0.1) is 0 Å². The summed E-state index contributed by atoms with van der Waals surface area (Å²) >= 11 is 5.98. The highest BCUT2D eigenvalue weighted by Gasteiger charge is 2.13. The molecular formula is C10H13BClNO3. The monoisotopic (exact) mass is 241 g/mol. The molecule has 0 aliphatic heterocycles. The van der Waals surface area contributed by atoms with E-state index < -0.39 is 7.12 Å². The molecule has 86 valence electrons. The molecule has 1 aromatic rings. The average Bonchev–Trinajstić information content (AvgIpc) is 2.21. The van der Waals surface area contributed by atoms with Crippen LogP contribution < -0.4 is 10.8 Å². The van der Waals surface area contributed by atoms with E-state index in [0.717, 1.165) is 5.56 Å². The van der Waals surface area contributed by atoms with Gasteiger partial charge in [0.15, 0.2) is 0 Å². The zero-order valence-corrected chi connectivity index (χ0v) is 9.61. The zero-order chi connectivity index (χ0) is 12.1. The Bertz CT molecular complexity index is 373. The third-order valence-electron chi connectivity index (χ3n) is 2.25. The van der Waals surface area contributed by atoms with Crippen molar-refractivity contribution in [2.75, 3.05) is 0 Å². The van der Waals surface area contributed by atoms with E-state index in [2.05, 4.69) is 5.32 Å². The Morgan fingerprint density at radius 3 is 2.75 bits per heavy atom. The van der Waals surface area contributed by atoms with Crippen molar-refractivity contribution < 1.29 is 14.8 Å². The molecule has 0 bridgehead atoms. The molecule has 0 spiro atoms. The summed E-state index contributed by atoms with van der Waals surface area (Å²) in [6, 6.07) is 4.81. The fourth-order valence-corrected chi connectivity index (χ4v) is 1.66. The highest BCUT2D eigenvalue weighted by atomic mass is 35.5. The molecule has 6 heteroatoms. The standard InChI is InChI=1S/C10H13BClNO3/c1-7(13-6-14)4-8-2-3-9(11(15)16)5-10(8)12/h2-3,5-7,15-16H,4H2,1H3,(H,13,14). The maximum Gasteiger partial charge on any atom is 0.488 e. The van der Waals surface area contributed by atoms with E-state index in [0.29, 0.717) is 23.3 Å². The maximum absolute atomic E-state index is 10.2. The number of carbonyl (C=O) groups excluding carboxylic acids is 1. The molecule has 0 saturated heterocycles. The van der Waals surface area contributed by atoms with Crippen LogP contribution in [0.15, 0.2) is 18.2 Å². The molecule has 0 radical (unpaired) electrons. The molecule has 1 unspecified atom stereocenters. The smallest absolute Gasteiger partial charge is 0.423 e. The highest BCUT2D eigenvalue weighted by molar-refractivity contribution is 6.59. The van der Waals surface area contributed by atoms with Gasteiger partial charge in [-0.05, 0) is 30.4 Å². The molecule has 0 aromatic heterocycles. The molecule has 4 nitrogen and oxygen atoms in total. The number of amides is 1. The van der Waals surface area contributed by atoms with Crippen LogP contribution in [0.5, 0.6) is 0 Å². The Kier molecular flexibility index (Phi) is 4.80. The van der Waals surface area contributed by atoms with E-state index in [1.54, 1.807) is 12.1 Å². The number of carbonyl (C=O) groups is 1. The molecule has 0 aliphatic rings. The first-order valence-corrected chi connectivity index (χ1v) is 5.26. The van der Waals surface area contributed by atoms with Crippen LogP contribution in [0.4, 0.5) is 0 Å². The quantitative estimate of drug-likeness (QED) is 0.490. The number of hydrogen-bond donors (Lipinski definition) is 3. The average molecular weight is 241 g/mol. The van der Waals surface area contributed by atoms with E-state index in [1.807, 2.05) is 6.92 Å². The van der Waals surface area contributed by atoms with Crippen LogP contribution in [0.1, 0.15) is 12.5 Å². The van der Waals surface area contributed by atoms with Gasteiger partial charge in [-0.2, -0.15) is 0 Å². The van der Waals surface area contributed by atoms with E-state index in [9.17, 15) is 4.79 Å². The van der Waals surface area contributed by atoms with Crippen molar-refractivity contribution in [1.82, 2.24) is 5.32 Å². The normalized spacial score (nSPS) is 12.0. The Hall–Kier alpha value is -1.04. The number of halogens is 1. The first-order chi connectivity index (χ1) is 7.54. The first-order valence-electron chi connectivity index (χ1n) is 4.88. The second-order valence-corrected chi connectivity index (χ2v) is 4.02. The Balaban J connectivity index is 2.78. The largest absolute Gasteiger partial charge is 0.488 e. The SMILES string of the molecule is CC(Cc1ccc(B(O)O)cc1Cl)NC=O. The van der Waals surface area contributed by atoms with E-state index in [1.165, 1.54) is 6.07 Å². The number of rotatable bonds is 5. The minimum Gasteiger partial charge on any atom is -0.423 e. The Labute approximate surface area is 99.4 Å². The molecule has 3 N–H and O–H groups in total. The first kappa shape index (κ1) is 13.0. The van der Waals surface area contributed by atoms with Crippen LogP contribution in [0, 0.1) is 0 Å². The van der Waals surface area contributed by atoms with Crippen LogP contribution in [-0.2, 0) is 11.2 Å². The van der Waals surface area contributed by atoms with Crippen LogP contribution >= 0.6 is 11.6 Å². The van der Waals surface area contributed by atoms with Gasteiger partial charge in [-0.15, -0.1) is 0 Å². The van der Waals surface area contributed by atoms with Gasteiger partial charge < -0.3 is 15.4 Å². The van der Waals surface area contributed by atoms with Crippen molar-refractivity contribution in [2.45, 2.75) is 19.4 Å². The topological polar surface area (TPSA) is 69.6 Å². The van der Waals surface area contributed by atoms with Crippen molar-refractivity contribution in [1.29, 1.82) is 0 Å². The molecule has 16 heavy (non-hydrogen) atoms. The maximum atomic E-state index is 10.2. The Morgan fingerprint density at radius 1 is 1.56 bits per heavy atom. The van der Waals surface area contributed by atoms with Crippen LogP contribution in [0.2, 0.25) is 5.02 Å². The van der Waals surface area contributed by atoms with Crippen LogP contribution in [0.25, 0.3) is 0 Å². The van der Waals surface area contributed by atoms with Gasteiger partial charge in [0.2, 0.25) is 6.41 Å². The molecule has 1 aromatic carbocycles. The molecule has 0 heterocycles. The Morgan fingerprint density at radius 2 is 2.25 bits per heavy atom. The lowest BCUT2D eigenvalue weighted by Crippen LogP contribution is -2.30. The summed E-state index contributed by atoms with van der Waals surface area (Å²) in [5.41, 5.74) is 1.21. The fraction of sp³-hybridized carbons (Fsp3) is 0.300. The van der Waals surface area contributed by atoms with Gasteiger partial charge in [-0.3, -0.25) is 4.79 Å². The second-order valence-electron chi connectivity index (χ2n) is 3.61. The number of benzene rings is 1. The van der Waals surface area contributed by atoms with Gasteiger partial charge in [-0.1, -0.05) is 23.7 Å². The van der Waals surface area contributed by atoms with E-state index in [-0.39, 0.29) is 6.04 Å². The van der Waals surface area contributed by atoms with Crippen molar-refractivity contribution in [3.8, 4) is 0 Å². The summed E-state index contributed by atoms with van der Waals surface area (Å²) in [6.07, 6.45) is 1.24. The van der Waals surface area contributed by atoms with E-state index >= 15 is 0 Å².